The summed E-state index contributed by atoms with van der Waals surface area (Å²) in [6.07, 6.45) is 3.31. The maximum Gasteiger partial charge on any atom is 0.245 e. The number of hydrogen-bond donors (Lipinski definition) is 0. The smallest absolute Gasteiger partial charge is 0.245 e. The molecule has 0 amide bonds. The molecule has 0 N–H and O–H groups in total. The van der Waals surface area contributed by atoms with E-state index in [1.807, 2.05) is 0 Å². The van der Waals surface area contributed by atoms with Crippen molar-refractivity contribution in [2.45, 2.75) is 40.0 Å². The van der Waals surface area contributed by atoms with Crippen LogP contribution < -0.4 is 0 Å². The van der Waals surface area contributed by atoms with Gasteiger partial charge in [-0.1, -0.05) is 32.5 Å². The van der Waals surface area contributed by atoms with E-state index in [-0.39, 0.29) is 0 Å². The van der Waals surface area contributed by atoms with E-state index in [2.05, 4.69) is 25.8 Å². The van der Waals surface area contributed by atoms with Gasteiger partial charge in [-0.3, -0.25) is 0 Å². The fourth-order valence-corrected chi connectivity index (χ4v) is 1.44. The Labute approximate surface area is 86.2 Å². The molecule has 0 aromatic carbocycles. The SMILES string of the molecule is CCCN=C(OCCC)SCCC. The Morgan fingerprint density at radius 3 is 2.46 bits per heavy atom. The van der Waals surface area contributed by atoms with Crippen LogP contribution in [0.2, 0.25) is 0 Å². The van der Waals surface area contributed by atoms with Crippen LogP contribution in [0.3, 0.4) is 0 Å². The summed E-state index contributed by atoms with van der Waals surface area (Å²) >= 11 is 1.73. The Kier molecular flexibility index (Phi) is 9.77. The molecule has 0 spiro atoms. The summed E-state index contributed by atoms with van der Waals surface area (Å²) in [5, 5.41) is 0.880. The molecule has 0 rings (SSSR count). The van der Waals surface area contributed by atoms with E-state index in [4.69, 9.17) is 4.74 Å². The van der Waals surface area contributed by atoms with Crippen LogP contribution >= 0.6 is 11.8 Å². The Balaban J connectivity index is 3.72. The highest BCUT2D eigenvalue weighted by Gasteiger charge is 1.99. The normalized spacial score (nSPS) is 11.8. The quantitative estimate of drug-likeness (QED) is 0.488. The third kappa shape index (κ3) is 8.16. The lowest BCUT2D eigenvalue weighted by Crippen LogP contribution is -2.03. The van der Waals surface area contributed by atoms with Gasteiger partial charge in [0, 0.05) is 12.3 Å². The molecule has 0 bridgehead atoms. The third-order valence-corrected chi connectivity index (χ3v) is 2.43. The molecule has 2 nitrogen and oxygen atoms in total. The zero-order valence-electron chi connectivity index (χ0n) is 9.01. The predicted octanol–water partition coefficient (Wildman–Crippen LogP) is 3.32. The third-order valence-electron chi connectivity index (χ3n) is 1.32. The second kappa shape index (κ2) is 9.90. The van der Waals surface area contributed by atoms with Crippen LogP contribution in [0.5, 0.6) is 0 Å². The van der Waals surface area contributed by atoms with E-state index in [0.717, 1.165) is 37.0 Å². The molecule has 0 aliphatic rings. The topological polar surface area (TPSA) is 21.6 Å². The van der Waals surface area contributed by atoms with Crippen molar-refractivity contribution in [3.05, 3.63) is 0 Å². The van der Waals surface area contributed by atoms with E-state index in [9.17, 15) is 0 Å². The van der Waals surface area contributed by atoms with Crippen molar-refractivity contribution in [2.24, 2.45) is 4.99 Å². The molecule has 0 atom stereocenters. The summed E-state index contributed by atoms with van der Waals surface area (Å²) in [5.74, 6) is 1.10. The standard InChI is InChI=1S/C10H21NOS/c1-4-7-11-10(12-8-5-2)13-9-6-3/h4-9H2,1-3H3. The minimum absolute atomic E-state index is 0.791. The second-order valence-corrected chi connectivity index (χ2v) is 3.89. The fourth-order valence-electron chi connectivity index (χ4n) is 0.715. The Bertz CT molecular complexity index is 127. The lowest BCUT2D eigenvalue weighted by Gasteiger charge is -2.06. The molecule has 0 aliphatic heterocycles. The van der Waals surface area contributed by atoms with Gasteiger partial charge in [0.05, 0.1) is 6.61 Å². The zero-order valence-corrected chi connectivity index (χ0v) is 9.82. The molecule has 0 saturated heterocycles. The number of nitrogens with zero attached hydrogens (tertiary/aromatic N) is 1. The maximum atomic E-state index is 5.51. The van der Waals surface area contributed by atoms with Crippen molar-refractivity contribution in [1.82, 2.24) is 0 Å². The van der Waals surface area contributed by atoms with Gasteiger partial charge < -0.3 is 4.74 Å². The largest absolute Gasteiger partial charge is 0.473 e. The number of rotatable bonds is 6. The van der Waals surface area contributed by atoms with Gasteiger partial charge in [-0.2, -0.15) is 0 Å². The summed E-state index contributed by atoms with van der Waals surface area (Å²) < 4.78 is 5.51. The summed E-state index contributed by atoms with van der Waals surface area (Å²) in [7, 11) is 0. The average molecular weight is 203 g/mol. The van der Waals surface area contributed by atoms with Crippen molar-refractivity contribution in [3.63, 3.8) is 0 Å². The Morgan fingerprint density at radius 1 is 1.15 bits per heavy atom. The van der Waals surface area contributed by atoms with Gasteiger partial charge in [0.15, 0.2) is 0 Å². The van der Waals surface area contributed by atoms with Gasteiger partial charge >= 0.3 is 0 Å². The summed E-state index contributed by atoms with van der Waals surface area (Å²) in [6.45, 7) is 8.09. The molecule has 0 aromatic heterocycles. The van der Waals surface area contributed by atoms with Crippen molar-refractivity contribution >= 4 is 17.0 Å². The summed E-state index contributed by atoms with van der Waals surface area (Å²) in [5.41, 5.74) is 0. The van der Waals surface area contributed by atoms with Crippen LogP contribution in [0.4, 0.5) is 0 Å². The molecule has 0 saturated carbocycles. The van der Waals surface area contributed by atoms with Crippen molar-refractivity contribution in [3.8, 4) is 0 Å². The Morgan fingerprint density at radius 2 is 1.92 bits per heavy atom. The average Bonchev–Trinajstić information content (AvgIpc) is 2.17. The van der Waals surface area contributed by atoms with Gasteiger partial charge in [-0.25, -0.2) is 4.99 Å². The molecule has 0 fully saturated rings. The molecular formula is C10H21NOS. The first-order valence-electron chi connectivity index (χ1n) is 5.15. The van der Waals surface area contributed by atoms with E-state index < -0.39 is 0 Å². The van der Waals surface area contributed by atoms with Crippen LogP contribution in [-0.2, 0) is 4.74 Å². The number of aliphatic imine (C=N–C) groups is 1. The van der Waals surface area contributed by atoms with Crippen molar-refractivity contribution < 1.29 is 4.74 Å². The highest BCUT2D eigenvalue weighted by atomic mass is 32.2. The van der Waals surface area contributed by atoms with E-state index in [0.29, 0.717) is 0 Å². The molecule has 0 radical (unpaired) electrons. The highest BCUT2D eigenvalue weighted by molar-refractivity contribution is 8.13. The van der Waals surface area contributed by atoms with E-state index in [1.54, 1.807) is 11.8 Å². The predicted molar refractivity (Wildman–Crippen MR) is 61.6 cm³/mol. The zero-order chi connectivity index (χ0) is 9.94. The molecule has 0 aromatic rings. The number of thioether (sulfide) groups is 1. The monoisotopic (exact) mass is 203 g/mol. The van der Waals surface area contributed by atoms with Crippen molar-refractivity contribution in [2.75, 3.05) is 18.9 Å². The molecule has 3 heteroatoms. The minimum atomic E-state index is 0.791. The van der Waals surface area contributed by atoms with E-state index >= 15 is 0 Å². The molecule has 78 valence electrons. The fraction of sp³-hybridized carbons (Fsp3) is 0.900. The van der Waals surface area contributed by atoms with Crippen LogP contribution in [0.25, 0.3) is 0 Å². The number of hydrogen-bond acceptors (Lipinski definition) is 3. The Hall–Kier alpha value is -0.180. The van der Waals surface area contributed by atoms with Crippen LogP contribution in [-0.4, -0.2) is 24.1 Å². The van der Waals surface area contributed by atoms with Gasteiger partial charge in [0.2, 0.25) is 5.23 Å². The first-order valence-corrected chi connectivity index (χ1v) is 6.13. The van der Waals surface area contributed by atoms with Gasteiger partial charge in [-0.15, -0.1) is 0 Å². The van der Waals surface area contributed by atoms with Crippen LogP contribution in [0, 0.1) is 0 Å². The minimum Gasteiger partial charge on any atom is -0.473 e. The van der Waals surface area contributed by atoms with Gasteiger partial charge in [-0.05, 0) is 19.3 Å². The van der Waals surface area contributed by atoms with Gasteiger partial charge in [0.1, 0.15) is 0 Å². The molecule has 0 aliphatic carbocycles. The van der Waals surface area contributed by atoms with Crippen LogP contribution in [0.1, 0.15) is 40.0 Å². The van der Waals surface area contributed by atoms with Gasteiger partial charge in [0.25, 0.3) is 0 Å². The lowest BCUT2D eigenvalue weighted by atomic mass is 10.5. The lowest BCUT2D eigenvalue weighted by molar-refractivity contribution is 0.313. The van der Waals surface area contributed by atoms with E-state index in [1.165, 1.54) is 6.42 Å². The number of ether oxygens (including phenoxy) is 1. The first-order chi connectivity index (χ1) is 6.35. The maximum absolute atomic E-state index is 5.51. The first kappa shape index (κ1) is 12.8. The molecular weight excluding hydrogens is 182 g/mol. The van der Waals surface area contributed by atoms with Crippen molar-refractivity contribution in [1.29, 1.82) is 0 Å². The summed E-state index contributed by atoms with van der Waals surface area (Å²) in [6, 6.07) is 0. The highest BCUT2D eigenvalue weighted by Crippen LogP contribution is 2.08. The summed E-state index contributed by atoms with van der Waals surface area (Å²) in [4.78, 5) is 4.37. The molecule has 0 unspecified atom stereocenters. The second-order valence-electron chi connectivity index (χ2n) is 2.84. The van der Waals surface area contributed by atoms with Crippen LogP contribution in [0.15, 0.2) is 4.99 Å². The molecule has 13 heavy (non-hydrogen) atoms. The molecule has 0 heterocycles.